The summed E-state index contributed by atoms with van der Waals surface area (Å²) in [6.07, 6.45) is 4.36. The highest BCUT2D eigenvalue weighted by molar-refractivity contribution is 5.70. The largest absolute Gasteiger partial charge is 0.481 e. The number of carboxylic acid groups (broad SMARTS) is 1. The molecule has 0 spiro atoms. The van der Waals surface area contributed by atoms with Gasteiger partial charge in [-0.2, -0.15) is 0 Å². The summed E-state index contributed by atoms with van der Waals surface area (Å²) in [6, 6.07) is 1.41. The van der Waals surface area contributed by atoms with Crippen LogP contribution < -0.4 is 10.9 Å². The van der Waals surface area contributed by atoms with Crippen molar-refractivity contribution in [3.05, 3.63) is 22.2 Å². The fraction of sp³-hybridized carbons (Fsp3) is 0.643. The highest BCUT2D eigenvalue weighted by Crippen LogP contribution is 2.30. The van der Waals surface area contributed by atoms with Crippen molar-refractivity contribution in [3.8, 4) is 0 Å². The summed E-state index contributed by atoms with van der Waals surface area (Å²) in [4.78, 5) is 29.7. The van der Waals surface area contributed by atoms with Gasteiger partial charge in [0.1, 0.15) is 11.6 Å². The van der Waals surface area contributed by atoms with Crippen molar-refractivity contribution >= 4 is 11.8 Å². The van der Waals surface area contributed by atoms with E-state index in [4.69, 9.17) is 0 Å². The van der Waals surface area contributed by atoms with E-state index in [1.807, 2.05) is 6.92 Å². The summed E-state index contributed by atoms with van der Waals surface area (Å²) >= 11 is 0. The third kappa shape index (κ3) is 3.59. The number of nitrogens with zero attached hydrogens (tertiary/aromatic N) is 1. The van der Waals surface area contributed by atoms with Crippen LogP contribution in [-0.2, 0) is 11.2 Å². The van der Waals surface area contributed by atoms with Crippen LogP contribution in [0.1, 0.15) is 38.4 Å². The summed E-state index contributed by atoms with van der Waals surface area (Å²) in [7, 11) is 0. The molecule has 1 aromatic rings. The molecule has 0 amide bonds. The van der Waals surface area contributed by atoms with Crippen LogP contribution in [0.3, 0.4) is 0 Å². The molecule has 0 radical (unpaired) electrons. The first kappa shape index (κ1) is 14.6. The fourth-order valence-electron chi connectivity index (χ4n) is 2.78. The topological polar surface area (TPSA) is 95.1 Å². The average molecular weight is 279 g/mol. The number of aromatic nitrogens is 2. The number of aromatic amines is 1. The number of hydrogen-bond acceptors (Lipinski definition) is 4. The zero-order valence-corrected chi connectivity index (χ0v) is 11.7. The van der Waals surface area contributed by atoms with Gasteiger partial charge in [0.2, 0.25) is 0 Å². The maximum absolute atomic E-state index is 11.5. The van der Waals surface area contributed by atoms with Crippen LogP contribution in [0.4, 0.5) is 5.82 Å². The third-order valence-corrected chi connectivity index (χ3v) is 3.90. The molecule has 1 saturated carbocycles. The zero-order valence-electron chi connectivity index (χ0n) is 11.7. The van der Waals surface area contributed by atoms with E-state index in [2.05, 4.69) is 15.3 Å². The van der Waals surface area contributed by atoms with Gasteiger partial charge >= 0.3 is 5.97 Å². The minimum atomic E-state index is -0.718. The molecule has 2 atom stereocenters. The smallest absolute Gasteiger partial charge is 0.306 e. The molecule has 2 rings (SSSR count). The lowest BCUT2D eigenvalue weighted by Crippen LogP contribution is -2.32. The van der Waals surface area contributed by atoms with Gasteiger partial charge in [-0.3, -0.25) is 9.59 Å². The Morgan fingerprint density at radius 3 is 2.95 bits per heavy atom. The van der Waals surface area contributed by atoms with Crippen LogP contribution in [0.15, 0.2) is 10.9 Å². The van der Waals surface area contributed by atoms with Gasteiger partial charge in [-0.05, 0) is 18.8 Å². The van der Waals surface area contributed by atoms with E-state index < -0.39 is 5.97 Å². The first-order chi connectivity index (χ1) is 9.60. The van der Waals surface area contributed by atoms with Crippen LogP contribution in [0.25, 0.3) is 0 Å². The van der Waals surface area contributed by atoms with Gasteiger partial charge in [0.05, 0.1) is 5.92 Å². The Kier molecular flexibility index (Phi) is 4.76. The minimum Gasteiger partial charge on any atom is -0.481 e. The maximum Gasteiger partial charge on any atom is 0.306 e. The number of rotatable bonds is 5. The van der Waals surface area contributed by atoms with Gasteiger partial charge in [-0.1, -0.05) is 19.8 Å². The highest BCUT2D eigenvalue weighted by atomic mass is 16.4. The molecule has 20 heavy (non-hydrogen) atoms. The Morgan fingerprint density at radius 1 is 1.50 bits per heavy atom. The van der Waals surface area contributed by atoms with Crippen LogP contribution in [-0.4, -0.2) is 27.6 Å². The van der Waals surface area contributed by atoms with Gasteiger partial charge in [-0.25, -0.2) is 4.98 Å². The number of carbonyl (C=O) groups is 1. The molecule has 1 heterocycles. The summed E-state index contributed by atoms with van der Waals surface area (Å²) in [6.45, 7) is 2.47. The Bertz CT molecular complexity index is 527. The molecule has 0 aliphatic heterocycles. The molecule has 0 bridgehead atoms. The molecule has 6 nitrogen and oxygen atoms in total. The number of aryl methyl sites for hydroxylation is 1. The fourth-order valence-corrected chi connectivity index (χ4v) is 2.78. The number of nitrogens with one attached hydrogen (secondary N) is 2. The van der Waals surface area contributed by atoms with Crippen molar-refractivity contribution in [3.63, 3.8) is 0 Å². The van der Waals surface area contributed by atoms with E-state index >= 15 is 0 Å². The maximum atomic E-state index is 11.5. The van der Waals surface area contributed by atoms with E-state index in [9.17, 15) is 14.7 Å². The van der Waals surface area contributed by atoms with Crippen molar-refractivity contribution in [1.29, 1.82) is 0 Å². The number of carboxylic acids is 1. The second-order valence-corrected chi connectivity index (χ2v) is 5.30. The van der Waals surface area contributed by atoms with E-state index in [-0.39, 0.29) is 17.4 Å². The van der Waals surface area contributed by atoms with Crippen molar-refractivity contribution in [2.45, 2.75) is 39.0 Å². The number of aliphatic carboxylic acids is 1. The molecule has 6 heteroatoms. The molecule has 0 saturated heterocycles. The van der Waals surface area contributed by atoms with Gasteiger partial charge in [0.15, 0.2) is 0 Å². The van der Waals surface area contributed by atoms with Gasteiger partial charge < -0.3 is 15.4 Å². The standard InChI is InChI=1S/C14H21N3O3/c1-2-11-16-12(7-13(18)17-11)15-8-9-5-3-4-6-10(9)14(19)20/h7,9-10H,2-6,8H2,1H3,(H,19,20)(H2,15,16,17,18). The Balaban J connectivity index is 2.01. The normalized spacial score (nSPS) is 22.4. The SMILES string of the molecule is CCc1nc(NCC2CCCCC2C(=O)O)cc(=O)[nH]1. The first-order valence-corrected chi connectivity index (χ1v) is 7.17. The van der Waals surface area contributed by atoms with Gasteiger partial charge in [0.25, 0.3) is 5.56 Å². The Morgan fingerprint density at radius 2 is 2.25 bits per heavy atom. The Hall–Kier alpha value is -1.85. The van der Waals surface area contributed by atoms with Crippen LogP contribution >= 0.6 is 0 Å². The highest BCUT2D eigenvalue weighted by Gasteiger charge is 2.30. The van der Waals surface area contributed by atoms with Crippen molar-refractivity contribution < 1.29 is 9.90 Å². The lowest BCUT2D eigenvalue weighted by atomic mass is 9.79. The molecular weight excluding hydrogens is 258 g/mol. The lowest BCUT2D eigenvalue weighted by molar-refractivity contribution is -0.144. The molecule has 110 valence electrons. The molecule has 1 aromatic heterocycles. The number of hydrogen-bond donors (Lipinski definition) is 3. The second kappa shape index (κ2) is 6.54. The molecule has 1 fully saturated rings. The van der Waals surface area contributed by atoms with Crippen molar-refractivity contribution in [1.82, 2.24) is 9.97 Å². The van der Waals surface area contributed by atoms with Crippen LogP contribution in [0.5, 0.6) is 0 Å². The molecule has 0 aromatic carbocycles. The van der Waals surface area contributed by atoms with E-state index in [0.29, 0.717) is 24.6 Å². The summed E-state index contributed by atoms with van der Waals surface area (Å²) in [5, 5.41) is 12.4. The summed E-state index contributed by atoms with van der Waals surface area (Å²) in [5.41, 5.74) is -0.183. The first-order valence-electron chi connectivity index (χ1n) is 7.17. The predicted octanol–water partition coefficient (Wildman–Crippen LogP) is 1.64. The minimum absolute atomic E-state index is 0.104. The Labute approximate surface area is 117 Å². The monoisotopic (exact) mass is 279 g/mol. The van der Waals surface area contributed by atoms with E-state index in [1.54, 1.807) is 0 Å². The molecule has 1 aliphatic rings. The zero-order chi connectivity index (χ0) is 14.5. The van der Waals surface area contributed by atoms with Crippen molar-refractivity contribution in [2.24, 2.45) is 11.8 Å². The van der Waals surface area contributed by atoms with Crippen molar-refractivity contribution in [2.75, 3.05) is 11.9 Å². The quantitative estimate of drug-likeness (QED) is 0.761. The van der Waals surface area contributed by atoms with Gasteiger partial charge in [0, 0.05) is 19.0 Å². The number of H-pyrrole nitrogens is 1. The van der Waals surface area contributed by atoms with Crippen LogP contribution in [0.2, 0.25) is 0 Å². The second-order valence-electron chi connectivity index (χ2n) is 5.30. The molecular formula is C14H21N3O3. The predicted molar refractivity (Wildman–Crippen MR) is 75.8 cm³/mol. The summed E-state index contributed by atoms with van der Waals surface area (Å²) < 4.78 is 0. The van der Waals surface area contributed by atoms with E-state index in [1.165, 1.54) is 6.07 Å². The van der Waals surface area contributed by atoms with E-state index in [0.717, 1.165) is 25.7 Å². The molecule has 2 unspecified atom stereocenters. The third-order valence-electron chi connectivity index (χ3n) is 3.90. The molecule has 3 N–H and O–H groups in total. The number of anilines is 1. The van der Waals surface area contributed by atoms with Crippen LogP contribution in [0, 0.1) is 11.8 Å². The summed E-state index contributed by atoms with van der Waals surface area (Å²) in [5.74, 6) is 0.264. The molecule has 1 aliphatic carbocycles. The lowest BCUT2D eigenvalue weighted by Gasteiger charge is -2.28. The van der Waals surface area contributed by atoms with Gasteiger partial charge in [-0.15, -0.1) is 0 Å². The average Bonchev–Trinajstić information content (AvgIpc) is 2.44.